The maximum Gasteiger partial charge on any atom is 0.225 e. The number of rotatable bonds is 2. The van der Waals surface area contributed by atoms with Gasteiger partial charge >= 0.3 is 0 Å². The van der Waals surface area contributed by atoms with Crippen LogP contribution in [0.1, 0.15) is 44.9 Å². The number of aromatic nitrogens is 2. The molecule has 132 valence electrons. The number of hydrogen-bond donors (Lipinski definition) is 0. The Morgan fingerprint density at radius 3 is 2.83 bits per heavy atom. The van der Waals surface area contributed by atoms with Crippen molar-refractivity contribution in [3.8, 4) is 0 Å². The number of anilines is 1. The molecule has 3 rings (SSSR count). The predicted molar refractivity (Wildman–Crippen MR) is 93.0 cm³/mol. The number of carbonyl (C=O) groups excluding carboxylic acids is 1. The van der Waals surface area contributed by atoms with Crippen molar-refractivity contribution in [1.29, 1.82) is 0 Å². The predicted octanol–water partition coefficient (Wildman–Crippen LogP) is 1.98. The normalized spacial score (nSPS) is 23.5. The van der Waals surface area contributed by atoms with Gasteiger partial charge in [0.25, 0.3) is 0 Å². The van der Waals surface area contributed by atoms with Gasteiger partial charge in [0.15, 0.2) is 0 Å². The van der Waals surface area contributed by atoms with E-state index < -0.39 is 0 Å². The standard InChI is InChI=1S/C18H28N4O2/c1-17(2,3)8-14(23)22-7-6-18(11-22)12-24-10-13-9-19-16(21(4)5)20-15(13)18/h9H,6-8,10-12H2,1-5H3/t18-/m1/s1. The van der Waals surface area contributed by atoms with E-state index in [1.807, 2.05) is 30.1 Å². The van der Waals surface area contributed by atoms with Crippen LogP contribution in [0.4, 0.5) is 5.95 Å². The van der Waals surface area contributed by atoms with Crippen molar-refractivity contribution in [3.63, 3.8) is 0 Å². The lowest BCUT2D eigenvalue weighted by atomic mass is 9.80. The topological polar surface area (TPSA) is 58.6 Å². The first-order chi connectivity index (χ1) is 11.2. The molecule has 0 radical (unpaired) electrons. The zero-order chi connectivity index (χ0) is 17.5. The van der Waals surface area contributed by atoms with Gasteiger partial charge in [0.1, 0.15) is 0 Å². The summed E-state index contributed by atoms with van der Waals surface area (Å²) in [6, 6.07) is 0. The van der Waals surface area contributed by atoms with Gasteiger partial charge < -0.3 is 14.5 Å². The van der Waals surface area contributed by atoms with E-state index in [2.05, 4.69) is 25.8 Å². The molecule has 2 aliphatic rings. The van der Waals surface area contributed by atoms with Gasteiger partial charge in [-0.25, -0.2) is 9.97 Å². The SMILES string of the molecule is CN(C)c1ncc2c(n1)[C@@]1(CCN(C(=O)CC(C)(C)C)C1)COC2. The average Bonchev–Trinajstić information content (AvgIpc) is 2.91. The third kappa shape index (κ3) is 3.24. The van der Waals surface area contributed by atoms with Crippen LogP contribution in [-0.2, 0) is 21.6 Å². The summed E-state index contributed by atoms with van der Waals surface area (Å²) in [6.45, 7) is 8.97. The maximum atomic E-state index is 12.6. The number of ether oxygens (including phenoxy) is 1. The number of fused-ring (bicyclic) bond motifs is 2. The second-order valence-electron chi connectivity index (χ2n) is 8.51. The molecule has 0 aromatic carbocycles. The van der Waals surface area contributed by atoms with Crippen molar-refractivity contribution in [1.82, 2.24) is 14.9 Å². The summed E-state index contributed by atoms with van der Waals surface area (Å²) in [5.74, 6) is 0.947. The molecule has 1 fully saturated rings. The molecule has 2 aliphatic heterocycles. The van der Waals surface area contributed by atoms with E-state index in [0.29, 0.717) is 26.2 Å². The van der Waals surface area contributed by atoms with Crippen molar-refractivity contribution >= 4 is 11.9 Å². The second-order valence-corrected chi connectivity index (χ2v) is 8.51. The maximum absolute atomic E-state index is 12.6. The second kappa shape index (κ2) is 5.99. The van der Waals surface area contributed by atoms with Crippen LogP contribution >= 0.6 is 0 Å². The Kier molecular flexibility index (Phi) is 4.28. The van der Waals surface area contributed by atoms with Crippen LogP contribution in [0.15, 0.2) is 6.20 Å². The van der Waals surface area contributed by atoms with Crippen molar-refractivity contribution in [2.45, 2.75) is 45.6 Å². The highest BCUT2D eigenvalue weighted by atomic mass is 16.5. The fourth-order valence-corrected chi connectivity index (χ4v) is 3.56. The van der Waals surface area contributed by atoms with Crippen LogP contribution in [0, 0.1) is 5.41 Å². The Morgan fingerprint density at radius 1 is 1.42 bits per heavy atom. The first kappa shape index (κ1) is 17.1. The number of nitrogens with zero attached hydrogens (tertiary/aromatic N) is 4. The van der Waals surface area contributed by atoms with Crippen LogP contribution in [0.5, 0.6) is 0 Å². The Morgan fingerprint density at radius 2 is 2.17 bits per heavy atom. The van der Waals surface area contributed by atoms with Gasteiger partial charge in [0, 0.05) is 45.4 Å². The van der Waals surface area contributed by atoms with Gasteiger partial charge in [-0.2, -0.15) is 0 Å². The highest BCUT2D eigenvalue weighted by Crippen LogP contribution is 2.40. The molecule has 1 aromatic heterocycles. The Bertz CT molecular complexity index is 638. The van der Waals surface area contributed by atoms with Gasteiger partial charge in [-0.05, 0) is 11.8 Å². The Balaban J connectivity index is 1.86. The van der Waals surface area contributed by atoms with E-state index in [-0.39, 0.29) is 16.7 Å². The smallest absolute Gasteiger partial charge is 0.225 e. The van der Waals surface area contributed by atoms with Crippen molar-refractivity contribution in [2.75, 3.05) is 38.7 Å². The zero-order valence-corrected chi connectivity index (χ0v) is 15.4. The average molecular weight is 332 g/mol. The van der Waals surface area contributed by atoms with Gasteiger partial charge in [-0.15, -0.1) is 0 Å². The summed E-state index contributed by atoms with van der Waals surface area (Å²) in [7, 11) is 3.89. The molecular formula is C18H28N4O2. The molecule has 0 aliphatic carbocycles. The third-order valence-electron chi connectivity index (χ3n) is 4.78. The molecule has 1 saturated heterocycles. The van der Waals surface area contributed by atoms with Crippen molar-refractivity contribution in [3.05, 3.63) is 17.5 Å². The molecule has 0 unspecified atom stereocenters. The third-order valence-corrected chi connectivity index (χ3v) is 4.78. The van der Waals surface area contributed by atoms with E-state index in [9.17, 15) is 4.79 Å². The summed E-state index contributed by atoms with van der Waals surface area (Å²) >= 11 is 0. The van der Waals surface area contributed by atoms with E-state index in [0.717, 1.165) is 30.2 Å². The molecule has 0 saturated carbocycles. The van der Waals surface area contributed by atoms with Crippen molar-refractivity contribution < 1.29 is 9.53 Å². The van der Waals surface area contributed by atoms with Gasteiger partial charge in [-0.3, -0.25) is 4.79 Å². The van der Waals surface area contributed by atoms with Crippen LogP contribution in [-0.4, -0.2) is 54.6 Å². The minimum Gasteiger partial charge on any atom is -0.376 e. The number of hydrogen-bond acceptors (Lipinski definition) is 5. The summed E-state index contributed by atoms with van der Waals surface area (Å²) in [4.78, 5) is 25.7. The van der Waals surface area contributed by atoms with Gasteiger partial charge in [-0.1, -0.05) is 20.8 Å². The van der Waals surface area contributed by atoms with E-state index in [1.165, 1.54) is 0 Å². The fraction of sp³-hybridized carbons (Fsp3) is 0.722. The highest BCUT2D eigenvalue weighted by Gasteiger charge is 2.46. The Hall–Kier alpha value is -1.69. The van der Waals surface area contributed by atoms with Crippen LogP contribution in [0.2, 0.25) is 0 Å². The molecule has 3 heterocycles. The minimum absolute atomic E-state index is 0.00801. The molecule has 1 spiro atoms. The van der Waals surface area contributed by atoms with E-state index in [1.54, 1.807) is 0 Å². The van der Waals surface area contributed by atoms with Crippen molar-refractivity contribution in [2.24, 2.45) is 5.41 Å². The molecule has 1 aromatic rings. The summed E-state index contributed by atoms with van der Waals surface area (Å²) < 4.78 is 5.83. The molecule has 0 N–H and O–H groups in total. The van der Waals surface area contributed by atoms with Crippen LogP contribution in [0.3, 0.4) is 0 Å². The molecule has 1 amide bonds. The first-order valence-electron chi connectivity index (χ1n) is 8.59. The van der Waals surface area contributed by atoms with E-state index in [4.69, 9.17) is 9.72 Å². The fourth-order valence-electron chi connectivity index (χ4n) is 3.56. The largest absolute Gasteiger partial charge is 0.376 e. The molecule has 24 heavy (non-hydrogen) atoms. The number of likely N-dealkylation sites (tertiary alicyclic amines) is 1. The Labute approximate surface area is 144 Å². The molecule has 6 nitrogen and oxygen atoms in total. The lowest BCUT2D eigenvalue weighted by Gasteiger charge is -2.35. The highest BCUT2D eigenvalue weighted by molar-refractivity contribution is 5.77. The molecule has 1 atom stereocenters. The lowest BCUT2D eigenvalue weighted by Crippen LogP contribution is -2.42. The summed E-state index contributed by atoms with van der Waals surface area (Å²) in [6.07, 6.45) is 3.35. The summed E-state index contributed by atoms with van der Waals surface area (Å²) in [5, 5.41) is 0. The van der Waals surface area contributed by atoms with E-state index >= 15 is 0 Å². The lowest BCUT2D eigenvalue weighted by molar-refractivity contribution is -0.132. The van der Waals surface area contributed by atoms with Crippen LogP contribution in [0.25, 0.3) is 0 Å². The monoisotopic (exact) mass is 332 g/mol. The van der Waals surface area contributed by atoms with Crippen LogP contribution < -0.4 is 4.90 Å². The van der Waals surface area contributed by atoms with Gasteiger partial charge in [0.05, 0.1) is 24.3 Å². The zero-order valence-electron chi connectivity index (χ0n) is 15.4. The quantitative estimate of drug-likeness (QED) is 0.829. The molecular weight excluding hydrogens is 304 g/mol. The molecule has 6 heteroatoms. The molecule has 0 bridgehead atoms. The number of amides is 1. The minimum atomic E-state index is -0.186. The number of carbonyl (C=O) groups is 1. The summed E-state index contributed by atoms with van der Waals surface area (Å²) in [5.41, 5.74) is 1.94. The first-order valence-corrected chi connectivity index (χ1v) is 8.59. The van der Waals surface area contributed by atoms with Gasteiger partial charge in [0.2, 0.25) is 11.9 Å².